The van der Waals surface area contributed by atoms with Gasteiger partial charge in [-0.1, -0.05) is 0 Å². The molecule has 0 aromatic rings. The van der Waals surface area contributed by atoms with Gasteiger partial charge in [0.05, 0.1) is 6.42 Å². The van der Waals surface area contributed by atoms with Crippen LogP contribution in [0.25, 0.3) is 0 Å². The predicted octanol–water partition coefficient (Wildman–Crippen LogP) is 1.55. The molecule has 0 aliphatic rings. The van der Waals surface area contributed by atoms with E-state index in [-0.39, 0.29) is 0 Å². The standard InChI is InChI=1S/C9H14F3NO3/c1-5(4-9(10,11)12)13-6(14)8(2,3)7(15)16/h5H,4H2,1-3H3,(H,13,14)(H,15,16). The number of carboxylic acids is 1. The summed E-state index contributed by atoms with van der Waals surface area (Å²) in [6.45, 7) is 3.43. The van der Waals surface area contributed by atoms with Crippen LogP contribution in [-0.2, 0) is 9.59 Å². The highest BCUT2D eigenvalue weighted by Gasteiger charge is 2.38. The highest BCUT2D eigenvalue weighted by atomic mass is 19.4. The van der Waals surface area contributed by atoms with Crippen LogP contribution in [-0.4, -0.2) is 29.2 Å². The van der Waals surface area contributed by atoms with Crippen molar-refractivity contribution in [3.63, 3.8) is 0 Å². The molecule has 0 aliphatic carbocycles. The molecule has 0 bridgehead atoms. The number of halogens is 3. The zero-order valence-electron chi connectivity index (χ0n) is 9.18. The van der Waals surface area contributed by atoms with E-state index in [1.807, 2.05) is 5.32 Å². The first kappa shape index (κ1) is 14.7. The Kier molecular flexibility index (Phi) is 4.34. The van der Waals surface area contributed by atoms with Crippen molar-refractivity contribution in [1.82, 2.24) is 5.32 Å². The quantitative estimate of drug-likeness (QED) is 0.734. The fourth-order valence-corrected chi connectivity index (χ4v) is 0.900. The van der Waals surface area contributed by atoms with Crippen LogP contribution in [0.3, 0.4) is 0 Å². The Hall–Kier alpha value is -1.27. The molecule has 0 saturated carbocycles. The molecule has 1 atom stereocenters. The summed E-state index contributed by atoms with van der Waals surface area (Å²) in [4.78, 5) is 22.0. The van der Waals surface area contributed by atoms with Crippen molar-refractivity contribution < 1.29 is 27.9 Å². The number of nitrogens with one attached hydrogen (secondary N) is 1. The Balaban J connectivity index is 4.42. The van der Waals surface area contributed by atoms with E-state index in [1.165, 1.54) is 6.92 Å². The zero-order valence-corrected chi connectivity index (χ0v) is 9.18. The van der Waals surface area contributed by atoms with Crippen LogP contribution < -0.4 is 5.32 Å². The molecule has 16 heavy (non-hydrogen) atoms. The zero-order chi connectivity index (χ0) is 13.1. The number of hydrogen-bond donors (Lipinski definition) is 2. The van der Waals surface area contributed by atoms with Gasteiger partial charge < -0.3 is 10.4 Å². The van der Waals surface area contributed by atoms with E-state index in [1.54, 1.807) is 0 Å². The monoisotopic (exact) mass is 241 g/mol. The molecule has 0 saturated heterocycles. The lowest BCUT2D eigenvalue weighted by Gasteiger charge is -2.22. The number of amides is 1. The van der Waals surface area contributed by atoms with Gasteiger partial charge in [0.25, 0.3) is 0 Å². The maximum atomic E-state index is 11.9. The van der Waals surface area contributed by atoms with Gasteiger partial charge in [0.15, 0.2) is 0 Å². The van der Waals surface area contributed by atoms with Crippen LogP contribution in [0.5, 0.6) is 0 Å². The van der Waals surface area contributed by atoms with Crippen LogP contribution in [0.2, 0.25) is 0 Å². The van der Waals surface area contributed by atoms with Crippen molar-refractivity contribution in [3.05, 3.63) is 0 Å². The molecule has 0 fully saturated rings. The van der Waals surface area contributed by atoms with Gasteiger partial charge in [-0.25, -0.2) is 0 Å². The summed E-state index contributed by atoms with van der Waals surface area (Å²) < 4.78 is 35.8. The molecule has 1 unspecified atom stereocenters. The molecule has 1 amide bonds. The second kappa shape index (κ2) is 4.71. The third-order valence-electron chi connectivity index (χ3n) is 2.02. The molecule has 0 heterocycles. The summed E-state index contributed by atoms with van der Waals surface area (Å²) in [5, 5.41) is 10.7. The Morgan fingerprint density at radius 3 is 2.06 bits per heavy atom. The van der Waals surface area contributed by atoms with Gasteiger partial charge in [-0.15, -0.1) is 0 Å². The van der Waals surface area contributed by atoms with Crippen LogP contribution >= 0.6 is 0 Å². The molecule has 0 aliphatic heterocycles. The number of hydrogen-bond acceptors (Lipinski definition) is 2. The predicted molar refractivity (Wildman–Crippen MR) is 49.7 cm³/mol. The fourth-order valence-electron chi connectivity index (χ4n) is 0.900. The first-order valence-electron chi connectivity index (χ1n) is 4.58. The van der Waals surface area contributed by atoms with E-state index >= 15 is 0 Å². The summed E-state index contributed by atoms with van der Waals surface area (Å²) in [5.41, 5.74) is -1.74. The summed E-state index contributed by atoms with van der Waals surface area (Å²) in [7, 11) is 0. The first-order chi connectivity index (χ1) is 6.97. The maximum Gasteiger partial charge on any atom is 0.391 e. The molecular weight excluding hydrogens is 227 g/mol. The lowest BCUT2D eigenvalue weighted by Crippen LogP contribution is -2.46. The topological polar surface area (TPSA) is 66.4 Å². The number of carbonyl (C=O) groups excluding carboxylic acids is 1. The van der Waals surface area contributed by atoms with Crippen LogP contribution in [0, 0.1) is 5.41 Å². The molecule has 0 rings (SSSR count). The van der Waals surface area contributed by atoms with Gasteiger partial charge in [-0.2, -0.15) is 13.2 Å². The molecular formula is C9H14F3NO3. The van der Waals surface area contributed by atoms with Crippen molar-refractivity contribution in [2.45, 2.75) is 39.4 Å². The van der Waals surface area contributed by atoms with E-state index in [9.17, 15) is 22.8 Å². The second-order valence-electron chi connectivity index (χ2n) is 4.12. The van der Waals surface area contributed by atoms with Crippen molar-refractivity contribution >= 4 is 11.9 Å². The number of rotatable bonds is 4. The van der Waals surface area contributed by atoms with Gasteiger partial charge in [0.1, 0.15) is 5.41 Å². The van der Waals surface area contributed by atoms with Gasteiger partial charge >= 0.3 is 12.1 Å². The van der Waals surface area contributed by atoms with E-state index in [2.05, 4.69) is 0 Å². The molecule has 94 valence electrons. The van der Waals surface area contributed by atoms with E-state index < -0.39 is 35.9 Å². The smallest absolute Gasteiger partial charge is 0.391 e. The lowest BCUT2D eigenvalue weighted by molar-refractivity contribution is -0.154. The Labute approximate surface area is 90.8 Å². The average molecular weight is 241 g/mol. The number of carbonyl (C=O) groups is 2. The van der Waals surface area contributed by atoms with E-state index in [0.29, 0.717) is 0 Å². The Bertz CT molecular complexity index is 286. The molecule has 0 radical (unpaired) electrons. The first-order valence-corrected chi connectivity index (χ1v) is 4.58. The number of carboxylic acid groups (broad SMARTS) is 1. The summed E-state index contributed by atoms with van der Waals surface area (Å²) in [5.74, 6) is -2.32. The van der Waals surface area contributed by atoms with Gasteiger partial charge in [-0.05, 0) is 20.8 Å². The summed E-state index contributed by atoms with van der Waals surface area (Å²) in [6.07, 6.45) is -5.57. The number of alkyl halides is 3. The third kappa shape index (κ3) is 4.50. The van der Waals surface area contributed by atoms with Crippen molar-refractivity contribution in [3.8, 4) is 0 Å². The van der Waals surface area contributed by atoms with E-state index in [0.717, 1.165) is 13.8 Å². The average Bonchev–Trinajstić information content (AvgIpc) is 1.99. The summed E-state index contributed by atoms with van der Waals surface area (Å²) in [6, 6.07) is -1.15. The lowest BCUT2D eigenvalue weighted by atomic mass is 9.92. The molecule has 0 aromatic carbocycles. The summed E-state index contributed by atoms with van der Waals surface area (Å²) >= 11 is 0. The molecule has 7 heteroatoms. The minimum atomic E-state index is -4.39. The van der Waals surface area contributed by atoms with Gasteiger partial charge in [0.2, 0.25) is 5.91 Å². The van der Waals surface area contributed by atoms with Crippen LogP contribution in [0.4, 0.5) is 13.2 Å². The van der Waals surface area contributed by atoms with Gasteiger partial charge in [0, 0.05) is 6.04 Å². The molecule has 2 N–H and O–H groups in total. The highest BCUT2D eigenvalue weighted by Crippen LogP contribution is 2.22. The molecule has 4 nitrogen and oxygen atoms in total. The molecule has 0 aromatic heterocycles. The van der Waals surface area contributed by atoms with Crippen molar-refractivity contribution in [2.75, 3.05) is 0 Å². The van der Waals surface area contributed by atoms with Crippen molar-refractivity contribution in [1.29, 1.82) is 0 Å². The van der Waals surface area contributed by atoms with Gasteiger partial charge in [-0.3, -0.25) is 9.59 Å². The van der Waals surface area contributed by atoms with Crippen LogP contribution in [0.1, 0.15) is 27.2 Å². The maximum absolute atomic E-state index is 11.9. The highest BCUT2D eigenvalue weighted by molar-refractivity contribution is 6.01. The fraction of sp³-hybridized carbons (Fsp3) is 0.778. The van der Waals surface area contributed by atoms with Crippen molar-refractivity contribution in [2.24, 2.45) is 5.41 Å². The van der Waals surface area contributed by atoms with Crippen LogP contribution in [0.15, 0.2) is 0 Å². The SMILES string of the molecule is CC(CC(F)(F)F)NC(=O)C(C)(C)C(=O)O. The molecule has 0 spiro atoms. The minimum absolute atomic E-state index is 0.934. The largest absolute Gasteiger partial charge is 0.480 e. The van der Waals surface area contributed by atoms with E-state index in [4.69, 9.17) is 5.11 Å². The second-order valence-corrected chi connectivity index (χ2v) is 4.12. The third-order valence-corrected chi connectivity index (χ3v) is 2.02. The number of aliphatic carboxylic acids is 1. The Morgan fingerprint density at radius 1 is 1.31 bits per heavy atom. The normalized spacial score (nSPS) is 14.4. The minimum Gasteiger partial charge on any atom is -0.480 e. The Morgan fingerprint density at radius 2 is 1.75 bits per heavy atom.